The van der Waals surface area contributed by atoms with Crippen LogP contribution in [0.2, 0.25) is 0 Å². The first-order valence-corrected chi connectivity index (χ1v) is 5.97. The summed E-state index contributed by atoms with van der Waals surface area (Å²) in [5, 5.41) is 31.2. The van der Waals surface area contributed by atoms with Crippen molar-refractivity contribution in [3.05, 3.63) is 17.5 Å². The molecule has 0 amide bonds. The number of nitrogens with one attached hydrogen (secondary N) is 2. The Morgan fingerprint density at radius 2 is 2.22 bits per heavy atom. The summed E-state index contributed by atoms with van der Waals surface area (Å²) in [7, 11) is 0. The molecule has 1 aromatic heterocycles. The Balaban J connectivity index is 1.86. The number of aromatic amines is 1. The number of hydrogen-bond donors (Lipinski definition) is 5. The fraction of sp³-hybridized carbons (Fsp3) is 0.545. The third-order valence-corrected chi connectivity index (χ3v) is 3.45. The third-order valence-electron chi connectivity index (χ3n) is 3.45. The van der Waals surface area contributed by atoms with Gasteiger partial charge in [0.2, 0.25) is 0 Å². The lowest BCUT2D eigenvalue weighted by atomic mass is 10.0. The van der Waals surface area contributed by atoms with Gasteiger partial charge < -0.3 is 20.3 Å². The molecule has 1 unspecified atom stereocenters. The smallest absolute Gasteiger partial charge is 0.277 e. The summed E-state index contributed by atoms with van der Waals surface area (Å²) in [6.07, 6.45) is 2.49. The van der Waals surface area contributed by atoms with Gasteiger partial charge in [-0.05, 0) is 12.0 Å². The van der Waals surface area contributed by atoms with E-state index in [9.17, 15) is 15.3 Å². The van der Waals surface area contributed by atoms with Crippen LogP contribution in [0.4, 0.5) is 5.69 Å². The van der Waals surface area contributed by atoms with Crippen molar-refractivity contribution in [3.8, 4) is 0 Å². The summed E-state index contributed by atoms with van der Waals surface area (Å²) < 4.78 is 0. The van der Waals surface area contributed by atoms with Crippen LogP contribution in [0.25, 0.3) is 0 Å². The summed E-state index contributed by atoms with van der Waals surface area (Å²) >= 11 is 0. The second kappa shape index (κ2) is 3.79. The van der Waals surface area contributed by atoms with Gasteiger partial charge in [-0.15, -0.1) is 0 Å². The summed E-state index contributed by atoms with van der Waals surface area (Å²) in [6, 6.07) is 0. The van der Waals surface area contributed by atoms with Crippen LogP contribution in [0.3, 0.4) is 0 Å². The molecule has 2 bridgehead atoms. The highest BCUT2D eigenvalue weighted by molar-refractivity contribution is 5.87. The first kappa shape index (κ1) is 11.7. The number of aliphatic hydroxyl groups is 3. The van der Waals surface area contributed by atoms with E-state index < -0.39 is 18.1 Å². The van der Waals surface area contributed by atoms with Crippen LogP contribution in [0.15, 0.2) is 11.2 Å². The van der Waals surface area contributed by atoms with Gasteiger partial charge in [-0.2, -0.15) is 5.43 Å². The van der Waals surface area contributed by atoms with Gasteiger partial charge in [-0.3, -0.25) is 5.01 Å². The molecule has 2 aliphatic heterocycles. The molecule has 0 aliphatic carbocycles. The molecule has 0 radical (unpaired) electrons. The second-order valence-electron chi connectivity index (χ2n) is 4.68. The van der Waals surface area contributed by atoms with E-state index in [1.165, 1.54) is 6.34 Å². The van der Waals surface area contributed by atoms with E-state index in [0.29, 0.717) is 18.5 Å². The Kier molecular flexibility index (Phi) is 2.46. The molecule has 1 aromatic rings. The van der Waals surface area contributed by atoms with Gasteiger partial charge in [-0.25, -0.2) is 4.99 Å². The fourth-order valence-corrected chi connectivity index (χ4v) is 2.39. The van der Waals surface area contributed by atoms with Gasteiger partial charge in [0.25, 0.3) is 5.85 Å². The van der Waals surface area contributed by atoms with Gasteiger partial charge >= 0.3 is 0 Å². The number of fused-ring (bicyclic) bond motifs is 5. The molecule has 98 valence electrons. The molecule has 7 nitrogen and oxygen atoms in total. The first-order valence-electron chi connectivity index (χ1n) is 5.97. The highest BCUT2D eigenvalue weighted by Crippen LogP contribution is 2.41. The minimum atomic E-state index is -1.41. The summed E-state index contributed by atoms with van der Waals surface area (Å²) in [6.45, 7) is 1.82. The summed E-state index contributed by atoms with van der Waals surface area (Å²) in [5.41, 5.74) is 4.97. The average Bonchev–Trinajstić information content (AvgIpc) is 2.99. The zero-order valence-electron chi connectivity index (χ0n) is 9.96. The number of nitrogens with zero attached hydrogens (tertiary/aromatic N) is 2. The maximum absolute atomic E-state index is 10.1. The van der Waals surface area contributed by atoms with Crippen LogP contribution in [-0.4, -0.2) is 38.9 Å². The van der Waals surface area contributed by atoms with Crippen LogP contribution in [0.5, 0.6) is 0 Å². The Hall–Kier alpha value is -1.41. The van der Waals surface area contributed by atoms with E-state index >= 15 is 0 Å². The predicted molar refractivity (Wildman–Crippen MR) is 64.8 cm³/mol. The number of aliphatic imine (C=N–C) groups is 1. The van der Waals surface area contributed by atoms with Gasteiger partial charge in [0, 0.05) is 12.6 Å². The molecular weight excluding hydrogens is 236 g/mol. The Bertz CT molecular complexity index is 500. The Morgan fingerprint density at radius 3 is 2.94 bits per heavy atom. The van der Waals surface area contributed by atoms with E-state index in [1.807, 2.05) is 6.92 Å². The second-order valence-corrected chi connectivity index (χ2v) is 4.68. The number of hydrogen-bond acceptors (Lipinski definition) is 6. The fourth-order valence-electron chi connectivity index (χ4n) is 2.39. The highest BCUT2D eigenvalue weighted by Gasteiger charge is 2.47. The third kappa shape index (κ3) is 1.49. The number of aliphatic hydroxyl groups excluding tert-OH is 2. The molecule has 7 heteroatoms. The average molecular weight is 252 g/mol. The van der Waals surface area contributed by atoms with E-state index in [0.717, 1.165) is 11.3 Å². The topological polar surface area (TPSA) is 104 Å². The van der Waals surface area contributed by atoms with Crippen LogP contribution in [0, 0.1) is 0 Å². The number of aromatic nitrogens is 1. The van der Waals surface area contributed by atoms with Gasteiger partial charge in [-0.1, -0.05) is 6.92 Å². The SMILES string of the molecule is CC[C@@H](O)[C@@H](O)Cc1c[nH]c2c1N1C=NC2(O)N1. The molecule has 5 N–H and O–H groups in total. The van der Waals surface area contributed by atoms with E-state index in [4.69, 9.17) is 0 Å². The van der Waals surface area contributed by atoms with Crippen molar-refractivity contribution in [1.82, 2.24) is 10.4 Å². The molecular formula is C11H16N4O3. The molecule has 0 spiro atoms. The molecule has 0 fully saturated rings. The molecule has 18 heavy (non-hydrogen) atoms. The highest BCUT2D eigenvalue weighted by atomic mass is 16.3. The maximum Gasteiger partial charge on any atom is 0.277 e. The monoisotopic (exact) mass is 252 g/mol. The van der Waals surface area contributed by atoms with Crippen molar-refractivity contribution in [1.29, 1.82) is 0 Å². The zero-order chi connectivity index (χ0) is 12.9. The Morgan fingerprint density at radius 1 is 1.44 bits per heavy atom. The maximum atomic E-state index is 10.1. The first-order chi connectivity index (χ1) is 8.55. The minimum Gasteiger partial charge on any atom is -0.390 e. The number of hydrazine groups is 1. The van der Waals surface area contributed by atoms with Crippen molar-refractivity contribution < 1.29 is 15.3 Å². The van der Waals surface area contributed by atoms with Crippen molar-refractivity contribution in [2.24, 2.45) is 4.99 Å². The normalized spacial score (nSPS) is 27.7. The molecule has 0 saturated carbocycles. The number of rotatable bonds is 4. The van der Waals surface area contributed by atoms with Gasteiger partial charge in [0.05, 0.1) is 17.9 Å². The van der Waals surface area contributed by atoms with Crippen LogP contribution in [0.1, 0.15) is 24.6 Å². The van der Waals surface area contributed by atoms with Crippen LogP contribution in [-0.2, 0) is 12.3 Å². The number of anilines is 1. The van der Waals surface area contributed by atoms with Crippen molar-refractivity contribution in [2.45, 2.75) is 37.8 Å². The Labute approximate surface area is 104 Å². The van der Waals surface area contributed by atoms with Crippen LogP contribution >= 0.6 is 0 Å². The quantitative estimate of drug-likeness (QED) is 0.480. The summed E-state index contributed by atoms with van der Waals surface area (Å²) in [5.74, 6) is -1.41. The van der Waals surface area contributed by atoms with Gasteiger partial charge in [0.15, 0.2) is 0 Å². The van der Waals surface area contributed by atoms with E-state index in [2.05, 4.69) is 15.4 Å². The minimum absolute atomic E-state index is 0.322. The van der Waals surface area contributed by atoms with Crippen molar-refractivity contribution in [2.75, 3.05) is 5.01 Å². The standard InChI is InChI=1S/C11H16N4O3/c1-2-7(16)8(17)3-6-4-12-10-9(6)15-5-13-11(10,18)14-15/h4-5,7-8,12,14,16-18H,2-3H2,1H3/t7-,8+,11?/m1/s1. The zero-order valence-corrected chi connectivity index (χ0v) is 9.96. The lowest BCUT2D eigenvalue weighted by Crippen LogP contribution is -2.38. The van der Waals surface area contributed by atoms with E-state index in [1.54, 1.807) is 11.2 Å². The lowest BCUT2D eigenvalue weighted by Gasteiger charge is -2.17. The molecule has 3 rings (SSSR count). The van der Waals surface area contributed by atoms with Crippen molar-refractivity contribution >= 4 is 12.0 Å². The number of H-pyrrole nitrogens is 1. The molecule has 3 atom stereocenters. The van der Waals surface area contributed by atoms with Crippen LogP contribution < -0.4 is 10.4 Å². The largest absolute Gasteiger partial charge is 0.390 e. The van der Waals surface area contributed by atoms with Crippen molar-refractivity contribution in [3.63, 3.8) is 0 Å². The molecule has 0 saturated heterocycles. The van der Waals surface area contributed by atoms with E-state index in [-0.39, 0.29) is 0 Å². The lowest BCUT2D eigenvalue weighted by molar-refractivity contribution is 0.0182. The van der Waals surface area contributed by atoms with Gasteiger partial charge in [0.1, 0.15) is 12.0 Å². The predicted octanol–water partition coefficient (Wildman–Crippen LogP) is -0.842. The summed E-state index contributed by atoms with van der Waals surface area (Å²) in [4.78, 5) is 6.88. The molecule has 3 heterocycles. The molecule has 0 aromatic carbocycles. The molecule has 2 aliphatic rings.